The Morgan fingerprint density at radius 1 is 1.19 bits per heavy atom. The summed E-state index contributed by atoms with van der Waals surface area (Å²) in [6.45, 7) is 0.814. The van der Waals surface area contributed by atoms with Crippen molar-refractivity contribution in [3.63, 3.8) is 0 Å². The lowest BCUT2D eigenvalue weighted by molar-refractivity contribution is 0.0956. The smallest absolute Gasteiger partial charge is 0.252 e. The topological polar surface area (TPSA) is 93.9 Å². The summed E-state index contributed by atoms with van der Waals surface area (Å²) in [5.74, 6) is -0.454. The Balaban J connectivity index is 1.67. The third kappa shape index (κ3) is 4.66. The zero-order valence-corrected chi connectivity index (χ0v) is 15.2. The molecule has 3 aromatic rings. The minimum atomic E-state index is -3.11. The van der Waals surface area contributed by atoms with Gasteiger partial charge in [0.15, 0.2) is 5.65 Å². The molecule has 8 heteroatoms. The molecule has 0 spiro atoms. The van der Waals surface area contributed by atoms with E-state index in [0.717, 1.165) is 19.2 Å². The third-order valence-corrected chi connectivity index (χ3v) is 4.91. The van der Waals surface area contributed by atoms with Gasteiger partial charge in [-0.05, 0) is 18.1 Å². The quantitative estimate of drug-likeness (QED) is 0.677. The second-order valence-corrected chi connectivity index (χ2v) is 8.39. The Morgan fingerprint density at radius 2 is 1.96 bits per heavy atom. The van der Waals surface area contributed by atoms with Crippen LogP contribution in [0.1, 0.15) is 15.9 Å². The van der Waals surface area contributed by atoms with Crippen LogP contribution in [-0.4, -0.2) is 47.4 Å². The Bertz CT molecular complexity index is 1010. The fourth-order valence-electron chi connectivity index (χ4n) is 2.58. The zero-order valence-electron chi connectivity index (χ0n) is 14.4. The predicted octanol–water partition coefficient (Wildman–Crippen LogP) is 1.45. The summed E-state index contributed by atoms with van der Waals surface area (Å²) in [4.78, 5) is 20.8. The molecule has 0 radical (unpaired) electrons. The standard InChI is InChI=1S/C18H20N4O3S/c1-26(24,25)10-8-19-18(23)15-11-16-17(20-12-15)22(13-21-16)9-7-14-5-3-2-4-6-14/h2-6,11-13H,7-10H2,1H3,(H,19,23). The van der Waals surface area contributed by atoms with Gasteiger partial charge < -0.3 is 9.88 Å². The highest BCUT2D eigenvalue weighted by Crippen LogP contribution is 2.13. The van der Waals surface area contributed by atoms with E-state index in [0.29, 0.717) is 16.7 Å². The Hall–Kier alpha value is -2.74. The average Bonchev–Trinajstić information content (AvgIpc) is 3.02. The van der Waals surface area contributed by atoms with E-state index in [-0.39, 0.29) is 18.2 Å². The van der Waals surface area contributed by atoms with Crippen molar-refractivity contribution in [3.05, 3.63) is 60.0 Å². The maximum absolute atomic E-state index is 12.1. The van der Waals surface area contributed by atoms with Crippen LogP contribution in [-0.2, 0) is 22.8 Å². The van der Waals surface area contributed by atoms with Crippen molar-refractivity contribution in [3.8, 4) is 0 Å². The molecule has 0 bridgehead atoms. The van der Waals surface area contributed by atoms with Crippen LogP contribution in [0.15, 0.2) is 48.9 Å². The van der Waals surface area contributed by atoms with Crippen molar-refractivity contribution in [1.82, 2.24) is 19.9 Å². The van der Waals surface area contributed by atoms with E-state index in [2.05, 4.69) is 27.4 Å². The second kappa shape index (κ2) is 7.65. The van der Waals surface area contributed by atoms with Crippen LogP contribution in [0.25, 0.3) is 11.2 Å². The number of aryl methyl sites for hydroxylation is 2. The molecule has 0 atom stereocenters. The number of nitrogens with zero attached hydrogens (tertiary/aromatic N) is 3. The Kier molecular flexibility index (Phi) is 5.32. The summed E-state index contributed by atoms with van der Waals surface area (Å²) < 4.78 is 24.2. The Labute approximate surface area is 152 Å². The van der Waals surface area contributed by atoms with Crippen LogP contribution in [0, 0.1) is 0 Å². The van der Waals surface area contributed by atoms with Crippen molar-refractivity contribution in [2.75, 3.05) is 18.6 Å². The van der Waals surface area contributed by atoms with Gasteiger partial charge in [0.1, 0.15) is 15.4 Å². The van der Waals surface area contributed by atoms with Crippen molar-refractivity contribution >= 4 is 26.9 Å². The number of hydrogen-bond donors (Lipinski definition) is 1. The van der Waals surface area contributed by atoms with Gasteiger partial charge in [0, 0.05) is 25.5 Å². The number of rotatable bonds is 7. The number of hydrogen-bond acceptors (Lipinski definition) is 5. The van der Waals surface area contributed by atoms with Crippen molar-refractivity contribution < 1.29 is 13.2 Å². The van der Waals surface area contributed by atoms with Gasteiger partial charge in [0.2, 0.25) is 0 Å². The molecule has 0 fully saturated rings. The number of imidazole rings is 1. The summed E-state index contributed by atoms with van der Waals surface area (Å²) in [7, 11) is -3.11. The van der Waals surface area contributed by atoms with E-state index in [9.17, 15) is 13.2 Å². The number of sulfone groups is 1. The molecule has 1 N–H and O–H groups in total. The molecule has 1 amide bonds. The van der Waals surface area contributed by atoms with Crippen molar-refractivity contribution in [2.24, 2.45) is 0 Å². The summed E-state index contributed by atoms with van der Waals surface area (Å²) in [6, 6.07) is 11.8. The van der Waals surface area contributed by atoms with Crippen LogP contribution < -0.4 is 5.32 Å². The van der Waals surface area contributed by atoms with E-state index >= 15 is 0 Å². The zero-order chi connectivity index (χ0) is 18.6. The van der Waals surface area contributed by atoms with E-state index in [1.807, 2.05) is 22.8 Å². The highest BCUT2D eigenvalue weighted by atomic mass is 32.2. The molecule has 136 valence electrons. The molecule has 0 aliphatic carbocycles. The lowest BCUT2D eigenvalue weighted by Gasteiger charge is -2.06. The molecule has 1 aromatic carbocycles. The average molecular weight is 372 g/mol. The minimum absolute atomic E-state index is 0.0707. The van der Waals surface area contributed by atoms with Gasteiger partial charge in [-0.25, -0.2) is 18.4 Å². The number of benzene rings is 1. The molecule has 0 saturated heterocycles. The monoisotopic (exact) mass is 372 g/mol. The molecule has 0 unspecified atom stereocenters. The lowest BCUT2D eigenvalue weighted by atomic mass is 10.1. The molecule has 7 nitrogen and oxygen atoms in total. The van der Waals surface area contributed by atoms with Gasteiger partial charge in [-0.3, -0.25) is 4.79 Å². The van der Waals surface area contributed by atoms with E-state index < -0.39 is 9.84 Å². The first kappa shape index (κ1) is 18.1. The highest BCUT2D eigenvalue weighted by molar-refractivity contribution is 7.90. The lowest BCUT2D eigenvalue weighted by Crippen LogP contribution is -2.28. The van der Waals surface area contributed by atoms with Gasteiger partial charge >= 0.3 is 0 Å². The number of pyridine rings is 1. The van der Waals surface area contributed by atoms with Gasteiger partial charge in [-0.15, -0.1) is 0 Å². The fourth-order valence-corrected chi connectivity index (χ4v) is 3.06. The van der Waals surface area contributed by atoms with Crippen LogP contribution >= 0.6 is 0 Å². The first-order chi connectivity index (χ1) is 12.4. The van der Waals surface area contributed by atoms with Gasteiger partial charge in [-0.2, -0.15) is 0 Å². The SMILES string of the molecule is CS(=O)(=O)CCNC(=O)c1cnc2c(c1)ncn2CCc1ccccc1. The van der Waals surface area contributed by atoms with Gasteiger partial charge in [0.25, 0.3) is 5.91 Å². The normalized spacial score (nSPS) is 11.6. The Morgan fingerprint density at radius 3 is 2.69 bits per heavy atom. The number of carbonyl (C=O) groups excluding carboxylic acids is 1. The second-order valence-electron chi connectivity index (χ2n) is 6.13. The fraction of sp³-hybridized carbons (Fsp3) is 0.278. The van der Waals surface area contributed by atoms with E-state index in [1.165, 1.54) is 11.8 Å². The molecule has 2 heterocycles. The maximum Gasteiger partial charge on any atom is 0.252 e. The predicted molar refractivity (Wildman–Crippen MR) is 99.7 cm³/mol. The molecular weight excluding hydrogens is 352 g/mol. The number of fused-ring (bicyclic) bond motifs is 1. The molecule has 3 rings (SSSR count). The number of nitrogens with one attached hydrogen (secondary N) is 1. The number of carbonyl (C=O) groups is 1. The van der Waals surface area contributed by atoms with E-state index in [4.69, 9.17) is 0 Å². The summed E-state index contributed by atoms with van der Waals surface area (Å²) >= 11 is 0. The van der Waals surface area contributed by atoms with Gasteiger partial charge in [0.05, 0.1) is 17.6 Å². The molecular formula is C18H20N4O3S. The first-order valence-electron chi connectivity index (χ1n) is 8.23. The molecule has 2 aromatic heterocycles. The first-order valence-corrected chi connectivity index (χ1v) is 10.3. The van der Waals surface area contributed by atoms with E-state index in [1.54, 1.807) is 12.4 Å². The van der Waals surface area contributed by atoms with Crippen molar-refractivity contribution in [1.29, 1.82) is 0 Å². The summed E-state index contributed by atoms with van der Waals surface area (Å²) in [5.41, 5.74) is 2.94. The van der Waals surface area contributed by atoms with Crippen molar-refractivity contribution in [2.45, 2.75) is 13.0 Å². The van der Waals surface area contributed by atoms with Gasteiger partial charge in [-0.1, -0.05) is 30.3 Å². The molecule has 26 heavy (non-hydrogen) atoms. The van der Waals surface area contributed by atoms with Crippen LogP contribution in [0.5, 0.6) is 0 Å². The van der Waals surface area contributed by atoms with Crippen LogP contribution in [0.3, 0.4) is 0 Å². The largest absolute Gasteiger partial charge is 0.351 e. The number of amides is 1. The molecule has 0 saturated carbocycles. The summed E-state index contributed by atoms with van der Waals surface area (Å²) in [6.07, 6.45) is 5.20. The van der Waals surface area contributed by atoms with Crippen LogP contribution in [0.4, 0.5) is 0 Å². The summed E-state index contributed by atoms with van der Waals surface area (Å²) in [5, 5.41) is 2.58. The number of aromatic nitrogens is 3. The van der Waals surface area contributed by atoms with Crippen LogP contribution in [0.2, 0.25) is 0 Å². The minimum Gasteiger partial charge on any atom is -0.351 e. The molecule has 0 aliphatic rings. The third-order valence-electron chi connectivity index (χ3n) is 3.96. The maximum atomic E-state index is 12.1. The molecule has 0 aliphatic heterocycles. The highest BCUT2D eigenvalue weighted by Gasteiger charge is 2.11.